The van der Waals surface area contributed by atoms with Crippen molar-refractivity contribution in [2.24, 2.45) is 17.6 Å². The Morgan fingerprint density at radius 2 is 1.68 bits per heavy atom. The molecule has 0 spiro atoms. The lowest BCUT2D eigenvalue weighted by Gasteiger charge is -2.48. The van der Waals surface area contributed by atoms with E-state index in [1.807, 2.05) is 25.7 Å². The summed E-state index contributed by atoms with van der Waals surface area (Å²) in [6.45, 7) is 9.73. The molecule has 256 valence electrons. The molecule has 3 aliphatic heterocycles. The van der Waals surface area contributed by atoms with E-state index in [-0.39, 0.29) is 18.2 Å². The number of fused-ring (bicyclic) bond motifs is 1. The zero-order chi connectivity index (χ0) is 32.7. The molecule has 2 aliphatic carbocycles. The van der Waals surface area contributed by atoms with Crippen LogP contribution in [-0.2, 0) is 4.74 Å². The highest BCUT2D eigenvalue weighted by Crippen LogP contribution is 2.44. The zero-order valence-electron chi connectivity index (χ0n) is 28.6. The number of hydrogen-bond acceptors (Lipinski definition) is 9. The van der Waals surface area contributed by atoms with E-state index in [1.54, 1.807) is 6.20 Å². The van der Waals surface area contributed by atoms with Crippen LogP contribution in [0.25, 0.3) is 0 Å². The van der Waals surface area contributed by atoms with Crippen LogP contribution in [0.15, 0.2) is 30.5 Å². The first-order valence-corrected chi connectivity index (χ1v) is 18.3. The largest absolute Gasteiger partial charge is 0.444 e. The summed E-state index contributed by atoms with van der Waals surface area (Å²) in [5.41, 5.74) is 8.06. The van der Waals surface area contributed by atoms with Crippen LogP contribution in [0.2, 0.25) is 0 Å². The van der Waals surface area contributed by atoms with Crippen LogP contribution >= 0.6 is 0 Å². The topological polar surface area (TPSA) is 120 Å². The van der Waals surface area contributed by atoms with Crippen molar-refractivity contribution in [3.63, 3.8) is 0 Å². The molecule has 0 bridgehead atoms. The number of amides is 1. The van der Waals surface area contributed by atoms with E-state index in [0.717, 1.165) is 36.9 Å². The molecule has 5 aliphatic rings. The first-order chi connectivity index (χ1) is 22.6. The highest BCUT2D eigenvalue weighted by Gasteiger charge is 2.48. The molecule has 47 heavy (non-hydrogen) atoms. The molecule has 4 unspecified atom stereocenters. The van der Waals surface area contributed by atoms with E-state index in [0.29, 0.717) is 35.8 Å². The van der Waals surface area contributed by atoms with Gasteiger partial charge in [0.2, 0.25) is 0 Å². The van der Waals surface area contributed by atoms with Crippen molar-refractivity contribution in [3.05, 3.63) is 41.7 Å². The lowest BCUT2D eigenvalue weighted by molar-refractivity contribution is 0.0159. The number of piperidine rings is 2. The minimum Gasteiger partial charge on any atom is -0.444 e. The van der Waals surface area contributed by atoms with Gasteiger partial charge in [-0.25, -0.2) is 14.8 Å². The quantitative estimate of drug-likeness (QED) is 0.298. The van der Waals surface area contributed by atoms with Gasteiger partial charge < -0.3 is 35.6 Å². The second-order valence-corrected chi connectivity index (χ2v) is 15.8. The van der Waals surface area contributed by atoms with Crippen LogP contribution in [0, 0.1) is 11.8 Å². The number of nitrogens with zero attached hydrogens (tertiary/aromatic N) is 5. The Labute approximate surface area is 280 Å². The minimum absolute atomic E-state index is 0.0692. The Morgan fingerprint density at radius 1 is 0.957 bits per heavy atom. The predicted molar refractivity (Wildman–Crippen MR) is 185 cm³/mol. The van der Waals surface area contributed by atoms with Gasteiger partial charge in [-0.15, -0.1) is 0 Å². The minimum atomic E-state index is -1.26. The SMILES string of the molecule is CC(C)(C)OC(=O)N1CCC2C1CC(C1CCC1)CN2c1cnc(C(N)O)c(Nc2ccc(C3CCN(C4CCCC4)CC3)cc2)n1. The van der Waals surface area contributed by atoms with Crippen molar-refractivity contribution in [3.8, 4) is 0 Å². The molecular formula is C37H55N7O3. The van der Waals surface area contributed by atoms with Gasteiger partial charge in [0.05, 0.1) is 18.3 Å². The Morgan fingerprint density at radius 3 is 2.32 bits per heavy atom. The van der Waals surface area contributed by atoms with E-state index in [4.69, 9.17) is 15.5 Å². The van der Waals surface area contributed by atoms with Gasteiger partial charge in [-0.05, 0) is 108 Å². The number of benzene rings is 1. The first-order valence-electron chi connectivity index (χ1n) is 18.3. The number of anilines is 3. The molecular weight excluding hydrogens is 590 g/mol. The molecule has 4 atom stereocenters. The number of aromatic nitrogens is 2. The van der Waals surface area contributed by atoms with Crippen LogP contribution in [0.3, 0.4) is 0 Å². The van der Waals surface area contributed by atoms with Crippen LogP contribution in [-0.4, -0.2) is 80.9 Å². The summed E-state index contributed by atoms with van der Waals surface area (Å²) < 4.78 is 5.83. The van der Waals surface area contributed by atoms with Gasteiger partial charge in [0.25, 0.3) is 0 Å². The van der Waals surface area contributed by atoms with Crippen molar-refractivity contribution in [1.29, 1.82) is 0 Å². The van der Waals surface area contributed by atoms with Crippen LogP contribution in [0.1, 0.15) is 115 Å². The van der Waals surface area contributed by atoms with Crippen molar-refractivity contribution < 1.29 is 14.6 Å². The summed E-state index contributed by atoms with van der Waals surface area (Å²) >= 11 is 0. The van der Waals surface area contributed by atoms with E-state index in [1.165, 1.54) is 76.4 Å². The summed E-state index contributed by atoms with van der Waals surface area (Å²) in [7, 11) is 0. The fourth-order valence-electron chi connectivity index (χ4n) is 9.00. The molecule has 1 aromatic carbocycles. The molecule has 10 heteroatoms. The number of hydrogen-bond donors (Lipinski definition) is 3. The highest BCUT2D eigenvalue weighted by molar-refractivity contribution is 5.70. The fraction of sp³-hybridized carbons (Fsp3) is 0.703. The number of carbonyl (C=O) groups is 1. The van der Waals surface area contributed by atoms with Gasteiger partial charge in [0.1, 0.15) is 23.3 Å². The molecule has 10 nitrogen and oxygen atoms in total. The third-order valence-electron chi connectivity index (χ3n) is 11.7. The van der Waals surface area contributed by atoms with E-state index in [2.05, 4.69) is 44.4 Å². The van der Waals surface area contributed by atoms with Gasteiger partial charge >= 0.3 is 6.09 Å². The smallest absolute Gasteiger partial charge is 0.410 e. The highest BCUT2D eigenvalue weighted by atomic mass is 16.6. The van der Waals surface area contributed by atoms with Crippen molar-refractivity contribution >= 4 is 23.4 Å². The summed E-state index contributed by atoms with van der Waals surface area (Å²) in [4.78, 5) is 30.1. The molecule has 0 radical (unpaired) electrons. The maximum atomic E-state index is 13.3. The average molecular weight is 646 g/mol. The van der Waals surface area contributed by atoms with Crippen LogP contribution in [0.5, 0.6) is 0 Å². The number of aliphatic hydroxyl groups is 1. The number of rotatable bonds is 7. The predicted octanol–water partition coefficient (Wildman–Crippen LogP) is 6.30. The number of likely N-dealkylation sites (tertiary alicyclic amines) is 2. The monoisotopic (exact) mass is 645 g/mol. The zero-order valence-corrected chi connectivity index (χ0v) is 28.6. The maximum absolute atomic E-state index is 13.3. The lowest BCUT2D eigenvalue weighted by atomic mass is 9.71. The number of ether oxygens (including phenoxy) is 1. The average Bonchev–Trinajstić information content (AvgIpc) is 3.71. The Bertz CT molecular complexity index is 1380. The summed E-state index contributed by atoms with van der Waals surface area (Å²) in [5, 5.41) is 13.9. The third-order valence-corrected chi connectivity index (χ3v) is 11.7. The van der Waals surface area contributed by atoms with E-state index in [9.17, 15) is 9.90 Å². The number of nitrogens with one attached hydrogen (secondary N) is 1. The van der Waals surface area contributed by atoms with Gasteiger partial charge in [0.15, 0.2) is 5.82 Å². The molecule has 3 saturated heterocycles. The molecule has 4 N–H and O–H groups in total. The van der Waals surface area contributed by atoms with E-state index < -0.39 is 11.8 Å². The second-order valence-electron chi connectivity index (χ2n) is 15.8. The molecule has 1 amide bonds. The Kier molecular flexibility index (Phi) is 9.37. The molecule has 1 aromatic heterocycles. The van der Waals surface area contributed by atoms with E-state index >= 15 is 0 Å². The van der Waals surface area contributed by atoms with Crippen molar-refractivity contribution in [1.82, 2.24) is 19.8 Å². The molecule has 7 rings (SSSR count). The summed E-state index contributed by atoms with van der Waals surface area (Å²) in [6.07, 6.45) is 13.8. The van der Waals surface area contributed by atoms with Gasteiger partial charge in [-0.3, -0.25) is 0 Å². The number of carbonyl (C=O) groups excluding carboxylic acids is 1. The number of nitrogens with two attached hydrogens (primary N) is 1. The normalized spacial score (nSPS) is 27.0. The Hall–Kier alpha value is -2.95. The standard InChI is InChI=1S/C37H55N7O3/c1-37(2,3)47-36(46)43-20-17-30-31(43)21-27(24-7-6-8-24)23-44(30)32-22-39-33(34(38)45)35(41-32)40-28-13-11-25(12-14-28)26-15-18-42(19-16-26)29-9-4-5-10-29/h11-14,22,24,26-27,29-31,34,45H,4-10,15-21,23,38H2,1-3H3,(H,40,41). The second kappa shape index (κ2) is 13.5. The van der Waals surface area contributed by atoms with Gasteiger partial charge in [-0.2, -0.15) is 0 Å². The first kappa shape index (κ1) is 32.6. The molecule has 4 heterocycles. The number of aliphatic hydroxyl groups excluding tert-OH is 1. The summed E-state index contributed by atoms with van der Waals surface area (Å²) in [6, 6.07) is 9.70. The lowest BCUT2D eigenvalue weighted by Crippen LogP contribution is -2.56. The fourth-order valence-corrected chi connectivity index (χ4v) is 9.00. The van der Waals surface area contributed by atoms with Crippen molar-refractivity contribution in [2.45, 2.75) is 127 Å². The van der Waals surface area contributed by atoms with Crippen LogP contribution < -0.4 is 16.0 Å². The van der Waals surface area contributed by atoms with Crippen LogP contribution in [0.4, 0.5) is 22.1 Å². The third kappa shape index (κ3) is 7.10. The van der Waals surface area contributed by atoms with Crippen molar-refractivity contribution in [2.75, 3.05) is 36.4 Å². The molecule has 2 aromatic rings. The van der Waals surface area contributed by atoms with Gasteiger partial charge in [-0.1, -0.05) is 44.2 Å². The molecule has 5 fully saturated rings. The van der Waals surface area contributed by atoms with Gasteiger partial charge in [0, 0.05) is 24.8 Å². The Balaban J connectivity index is 1.08. The maximum Gasteiger partial charge on any atom is 0.410 e. The molecule has 2 saturated carbocycles. The summed E-state index contributed by atoms with van der Waals surface area (Å²) in [5.74, 6) is 2.97.